The van der Waals surface area contributed by atoms with Gasteiger partial charge in [-0.1, -0.05) is 18.2 Å². The number of nitrogens with one attached hydrogen (secondary N) is 1. The summed E-state index contributed by atoms with van der Waals surface area (Å²) in [6.07, 6.45) is 2.79. The number of aryl methyl sites for hydroxylation is 1. The number of benzene rings is 1. The van der Waals surface area contributed by atoms with Gasteiger partial charge in [0.05, 0.1) is 6.20 Å². The van der Waals surface area contributed by atoms with E-state index in [1.807, 2.05) is 10.7 Å². The molecule has 1 N–H and O–H groups in total. The number of hydrogen-bond donors (Lipinski definition) is 1. The standard InChI is InChI=1S/C12H12FN3/c13-11-5-2-1-4-9(11)10-8-15-16-7-3-6-14-12(10)16/h1-2,4-5,8,14H,3,6-7H2. The molecule has 0 spiro atoms. The van der Waals surface area contributed by atoms with Crippen molar-refractivity contribution in [2.24, 2.45) is 0 Å². The van der Waals surface area contributed by atoms with Gasteiger partial charge in [0.1, 0.15) is 11.6 Å². The lowest BCUT2D eigenvalue weighted by Crippen LogP contribution is -2.17. The predicted octanol–water partition coefficient (Wildman–Crippen LogP) is 2.50. The maximum atomic E-state index is 13.7. The lowest BCUT2D eigenvalue weighted by Gasteiger charge is -2.17. The van der Waals surface area contributed by atoms with Crippen molar-refractivity contribution < 1.29 is 4.39 Å². The molecule has 3 rings (SSSR count). The molecule has 0 atom stereocenters. The Morgan fingerprint density at radius 2 is 2.12 bits per heavy atom. The molecule has 0 unspecified atom stereocenters. The van der Waals surface area contributed by atoms with Gasteiger partial charge >= 0.3 is 0 Å². The van der Waals surface area contributed by atoms with Gasteiger partial charge in [-0.05, 0) is 12.5 Å². The normalized spacial score (nSPS) is 14.3. The number of fused-ring (bicyclic) bond motifs is 1. The van der Waals surface area contributed by atoms with E-state index in [0.29, 0.717) is 5.56 Å². The Labute approximate surface area is 92.9 Å². The van der Waals surface area contributed by atoms with Gasteiger partial charge in [0.15, 0.2) is 0 Å². The molecular weight excluding hydrogens is 205 g/mol. The topological polar surface area (TPSA) is 29.9 Å². The van der Waals surface area contributed by atoms with Crippen LogP contribution in [-0.2, 0) is 6.54 Å². The summed E-state index contributed by atoms with van der Waals surface area (Å²) < 4.78 is 15.6. The van der Waals surface area contributed by atoms with Crippen molar-refractivity contribution in [2.45, 2.75) is 13.0 Å². The summed E-state index contributed by atoms with van der Waals surface area (Å²) in [6, 6.07) is 6.79. The van der Waals surface area contributed by atoms with Crippen molar-refractivity contribution >= 4 is 5.82 Å². The first kappa shape index (κ1) is 9.39. The highest BCUT2D eigenvalue weighted by molar-refractivity contribution is 5.75. The van der Waals surface area contributed by atoms with Gasteiger partial charge in [-0.25, -0.2) is 9.07 Å². The maximum absolute atomic E-state index is 13.7. The maximum Gasteiger partial charge on any atom is 0.132 e. The third-order valence-electron chi connectivity index (χ3n) is 2.84. The van der Waals surface area contributed by atoms with Gasteiger partial charge in [-0.2, -0.15) is 5.10 Å². The van der Waals surface area contributed by atoms with Gasteiger partial charge in [-0.3, -0.25) is 0 Å². The summed E-state index contributed by atoms with van der Waals surface area (Å²) >= 11 is 0. The number of aromatic nitrogens is 2. The van der Waals surface area contributed by atoms with E-state index in [2.05, 4.69) is 10.4 Å². The van der Waals surface area contributed by atoms with Crippen molar-refractivity contribution in [3.8, 4) is 11.1 Å². The Kier molecular flexibility index (Phi) is 2.13. The molecule has 1 aliphatic heterocycles. The summed E-state index contributed by atoms with van der Waals surface area (Å²) in [4.78, 5) is 0. The zero-order valence-electron chi connectivity index (χ0n) is 8.78. The molecule has 1 aliphatic rings. The van der Waals surface area contributed by atoms with E-state index in [1.165, 1.54) is 6.07 Å². The fraction of sp³-hybridized carbons (Fsp3) is 0.250. The van der Waals surface area contributed by atoms with Crippen LogP contribution in [0.1, 0.15) is 6.42 Å². The van der Waals surface area contributed by atoms with Gasteiger partial charge in [-0.15, -0.1) is 0 Å². The molecule has 1 aromatic heterocycles. The fourth-order valence-corrected chi connectivity index (χ4v) is 2.05. The third-order valence-corrected chi connectivity index (χ3v) is 2.84. The molecule has 0 saturated carbocycles. The first-order valence-electron chi connectivity index (χ1n) is 5.41. The average Bonchev–Trinajstić information content (AvgIpc) is 2.74. The first-order chi connectivity index (χ1) is 7.86. The SMILES string of the molecule is Fc1ccccc1-c1cnn2c1NCCC2. The number of anilines is 1. The molecule has 1 aromatic carbocycles. The van der Waals surface area contributed by atoms with E-state index >= 15 is 0 Å². The summed E-state index contributed by atoms with van der Waals surface area (Å²) in [5.41, 5.74) is 1.45. The van der Waals surface area contributed by atoms with Crippen LogP contribution in [0.15, 0.2) is 30.5 Å². The van der Waals surface area contributed by atoms with Crippen molar-refractivity contribution in [3.05, 3.63) is 36.3 Å². The van der Waals surface area contributed by atoms with Crippen molar-refractivity contribution in [2.75, 3.05) is 11.9 Å². The summed E-state index contributed by atoms with van der Waals surface area (Å²) in [7, 11) is 0. The van der Waals surface area contributed by atoms with Gasteiger partial charge < -0.3 is 5.32 Å². The highest BCUT2D eigenvalue weighted by Crippen LogP contribution is 2.31. The van der Waals surface area contributed by atoms with E-state index in [-0.39, 0.29) is 5.82 Å². The Hall–Kier alpha value is -1.84. The van der Waals surface area contributed by atoms with Crippen LogP contribution in [0.25, 0.3) is 11.1 Å². The minimum Gasteiger partial charge on any atom is -0.370 e. The largest absolute Gasteiger partial charge is 0.370 e. The summed E-state index contributed by atoms with van der Waals surface area (Å²) in [5, 5.41) is 7.53. The van der Waals surface area contributed by atoms with Crippen molar-refractivity contribution in [1.29, 1.82) is 0 Å². The highest BCUT2D eigenvalue weighted by Gasteiger charge is 2.17. The third kappa shape index (κ3) is 1.38. The molecule has 0 amide bonds. The van der Waals surface area contributed by atoms with Crippen LogP contribution in [-0.4, -0.2) is 16.3 Å². The zero-order valence-corrected chi connectivity index (χ0v) is 8.78. The van der Waals surface area contributed by atoms with Gasteiger partial charge in [0.25, 0.3) is 0 Å². The summed E-state index contributed by atoms with van der Waals surface area (Å²) in [6.45, 7) is 1.82. The van der Waals surface area contributed by atoms with Crippen LogP contribution in [0.3, 0.4) is 0 Å². The van der Waals surface area contributed by atoms with E-state index < -0.39 is 0 Å². The second kappa shape index (κ2) is 3.63. The fourth-order valence-electron chi connectivity index (χ4n) is 2.05. The molecule has 0 aliphatic carbocycles. The smallest absolute Gasteiger partial charge is 0.132 e. The van der Waals surface area contributed by atoms with Crippen molar-refractivity contribution in [3.63, 3.8) is 0 Å². The lowest BCUT2D eigenvalue weighted by molar-refractivity contribution is 0.568. The van der Waals surface area contributed by atoms with Gasteiger partial charge in [0, 0.05) is 24.2 Å². The quantitative estimate of drug-likeness (QED) is 0.795. The van der Waals surface area contributed by atoms with E-state index in [1.54, 1.807) is 18.3 Å². The minimum absolute atomic E-state index is 0.203. The molecule has 0 radical (unpaired) electrons. The number of halogens is 1. The second-order valence-electron chi connectivity index (χ2n) is 3.89. The van der Waals surface area contributed by atoms with E-state index in [0.717, 1.165) is 30.9 Å². The Morgan fingerprint density at radius 1 is 1.25 bits per heavy atom. The van der Waals surface area contributed by atoms with Crippen LogP contribution < -0.4 is 5.32 Å². The molecular formula is C12H12FN3. The molecule has 16 heavy (non-hydrogen) atoms. The molecule has 82 valence electrons. The Balaban J connectivity index is 2.13. The Bertz CT molecular complexity index is 519. The predicted molar refractivity (Wildman–Crippen MR) is 60.7 cm³/mol. The van der Waals surface area contributed by atoms with Gasteiger partial charge in [0.2, 0.25) is 0 Å². The molecule has 0 bridgehead atoms. The molecule has 2 heterocycles. The van der Waals surface area contributed by atoms with Crippen LogP contribution in [0.2, 0.25) is 0 Å². The number of hydrogen-bond acceptors (Lipinski definition) is 2. The van der Waals surface area contributed by atoms with Crippen molar-refractivity contribution in [1.82, 2.24) is 9.78 Å². The molecule has 2 aromatic rings. The van der Waals surface area contributed by atoms with E-state index in [4.69, 9.17) is 0 Å². The summed E-state index contributed by atoms with van der Waals surface area (Å²) in [5.74, 6) is 0.724. The monoisotopic (exact) mass is 217 g/mol. The average molecular weight is 217 g/mol. The molecule has 0 saturated heterocycles. The number of nitrogens with zero attached hydrogens (tertiary/aromatic N) is 2. The minimum atomic E-state index is -0.203. The second-order valence-corrected chi connectivity index (χ2v) is 3.89. The Morgan fingerprint density at radius 3 is 3.00 bits per heavy atom. The highest BCUT2D eigenvalue weighted by atomic mass is 19.1. The van der Waals surface area contributed by atoms with E-state index in [9.17, 15) is 4.39 Å². The zero-order chi connectivity index (χ0) is 11.0. The molecule has 3 nitrogen and oxygen atoms in total. The van der Waals surface area contributed by atoms with Crippen LogP contribution in [0.4, 0.5) is 10.2 Å². The lowest BCUT2D eigenvalue weighted by atomic mass is 10.1. The van der Waals surface area contributed by atoms with Crippen LogP contribution in [0.5, 0.6) is 0 Å². The molecule has 4 heteroatoms. The van der Waals surface area contributed by atoms with Crippen LogP contribution >= 0.6 is 0 Å². The van der Waals surface area contributed by atoms with Crippen LogP contribution in [0, 0.1) is 5.82 Å². The molecule has 0 fully saturated rings. The number of rotatable bonds is 1. The first-order valence-corrected chi connectivity index (χ1v) is 5.41.